The Morgan fingerprint density at radius 3 is 2.65 bits per heavy atom. The van der Waals surface area contributed by atoms with Crippen molar-refractivity contribution < 1.29 is 8.42 Å². The summed E-state index contributed by atoms with van der Waals surface area (Å²) in [6.07, 6.45) is 4.25. The number of benzene rings is 1. The first-order valence-electron chi connectivity index (χ1n) is 7.28. The Morgan fingerprint density at radius 1 is 1.40 bits per heavy atom. The van der Waals surface area contributed by atoms with Crippen LogP contribution in [0.1, 0.15) is 43.7 Å². The van der Waals surface area contributed by atoms with E-state index in [-0.39, 0.29) is 6.04 Å². The largest absolute Gasteiger partial charge is 0.326 e. The third-order valence-electron chi connectivity index (χ3n) is 4.04. The van der Waals surface area contributed by atoms with Gasteiger partial charge in [-0.15, -0.1) is 0 Å². The van der Waals surface area contributed by atoms with Crippen LogP contribution >= 0.6 is 0 Å². The summed E-state index contributed by atoms with van der Waals surface area (Å²) in [5.41, 5.74) is 7.28. The van der Waals surface area contributed by atoms with Gasteiger partial charge in [0.15, 0.2) is 0 Å². The van der Waals surface area contributed by atoms with Gasteiger partial charge in [-0.1, -0.05) is 31.9 Å². The lowest BCUT2D eigenvalue weighted by molar-refractivity contribution is 0.495. The fraction of sp³-hybridized carbons (Fsp3) is 0.600. The molecule has 1 unspecified atom stereocenters. The van der Waals surface area contributed by atoms with E-state index in [0.717, 1.165) is 24.0 Å². The number of nitrogens with two attached hydrogens (primary N) is 1. The predicted molar refractivity (Wildman–Crippen MR) is 80.8 cm³/mol. The SMILES string of the molecule is CCC(CC1CC1)NS(=O)(=O)c1cccc(CN)c1C. The van der Waals surface area contributed by atoms with Crippen molar-refractivity contribution in [1.29, 1.82) is 0 Å². The van der Waals surface area contributed by atoms with Crippen LogP contribution in [0.2, 0.25) is 0 Å². The van der Waals surface area contributed by atoms with E-state index in [1.54, 1.807) is 12.1 Å². The quantitative estimate of drug-likeness (QED) is 0.811. The van der Waals surface area contributed by atoms with E-state index in [2.05, 4.69) is 4.72 Å². The summed E-state index contributed by atoms with van der Waals surface area (Å²) in [7, 11) is -3.46. The van der Waals surface area contributed by atoms with Crippen molar-refractivity contribution in [3.05, 3.63) is 29.3 Å². The first-order valence-corrected chi connectivity index (χ1v) is 8.77. The highest BCUT2D eigenvalue weighted by atomic mass is 32.2. The van der Waals surface area contributed by atoms with Gasteiger partial charge in [0.05, 0.1) is 4.90 Å². The Kier molecular flexibility index (Phi) is 4.83. The maximum absolute atomic E-state index is 12.5. The molecule has 0 radical (unpaired) electrons. The lowest BCUT2D eigenvalue weighted by Gasteiger charge is -2.18. The fourth-order valence-electron chi connectivity index (χ4n) is 2.51. The van der Waals surface area contributed by atoms with Crippen LogP contribution in [0.5, 0.6) is 0 Å². The molecule has 0 aromatic heterocycles. The van der Waals surface area contributed by atoms with Crippen molar-refractivity contribution in [2.24, 2.45) is 11.7 Å². The lowest BCUT2D eigenvalue weighted by Crippen LogP contribution is -2.35. The van der Waals surface area contributed by atoms with Gasteiger partial charge in [-0.05, 0) is 42.9 Å². The molecule has 0 heterocycles. The van der Waals surface area contributed by atoms with E-state index >= 15 is 0 Å². The Bertz CT molecular complexity index is 565. The number of hydrogen-bond acceptors (Lipinski definition) is 3. The molecule has 20 heavy (non-hydrogen) atoms. The molecule has 1 aliphatic carbocycles. The minimum atomic E-state index is -3.46. The van der Waals surface area contributed by atoms with E-state index in [0.29, 0.717) is 17.4 Å². The predicted octanol–water partition coefficient (Wildman–Crippen LogP) is 2.31. The van der Waals surface area contributed by atoms with Crippen molar-refractivity contribution in [3.63, 3.8) is 0 Å². The molecule has 1 aromatic carbocycles. The summed E-state index contributed by atoms with van der Waals surface area (Å²) in [5, 5.41) is 0. The minimum Gasteiger partial charge on any atom is -0.326 e. The maximum Gasteiger partial charge on any atom is 0.241 e. The van der Waals surface area contributed by atoms with Gasteiger partial charge < -0.3 is 5.73 Å². The number of hydrogen-bond donors (Lipinski definition) is 2. The molecule has 0 spiro atoms. The van der Waals surface area contributed by atoms with Gasteiger partial charge in [-0.2, -0.15) is 0 Å². The van der Waals surface area contributed by atoms with Crippen molar-refractivity contribution in [1.82, 2.24) is 4.72 Å². The van der Waals surface area contributed by atoms with Crippen LogP contribution in [0, 0.1) is 12.8 Å². The smallest absolute Gasteiger partial charge is 0.241 e. The maximum atomic E-state index is 12.5. The molecule has 2 rings (SSSR count). The van der Waals surface area contributed by atoms with Crippen molar-refractivity contribution in [3.8, 4) is 0 Å². The van der Waals surface area contributed by atoms with Gasteiger partial charge in [0.2, 0.25) is 10.0 Å². The monoisotopic (exact) mass is 296 g/mol. The summed E-state index contributed by atoms with van der Waals surface area (Å²) in [6, 6.07) is 5.32. The third-order valence-corrected chi connectivity index (χ3v) is 5.70. The molecule has 5 heteroatoms. The number of sulfonamides is 1. The zero-order chi connectivity index (χ0) is 14.8. The number of nitrogens with one attached hydrogen (secondary N) is 1. The molecule has 1 aliphatic rings. The standard InChI is InChI=1S/C15H24N2O2S/c1-3-14(9-12-7-8-12)17-20(18,19)15-6-4-5-13(10-16)11(15)2/h4-6,12,14,17H,3,7-10,16H2,1-2H3. The summed E-state index contributed by atoms with van der Waals surface area (Å²) in [5.74, 6) is 0.708. The number of rotatable bonds is 7. The van der Waals surface area contributed by atoms with E-state index in [4.69, 9.17) is 5.73 Å². The molecule has 4 nitrogen and oxygen atoms in total. The fourth-order valence-corrected chi connectivity index (χ4v) is 4.13. The molecule has 3 N–H and O–H groups in total. The van der Waals surface area contributed by atoms with Gasteiger partial charge in [0.1, 0.15) is 0 Å². The van der Waals surface area contributed by atoms with Crippen molar-refractivity contribution >= 4 is 10.0 Å². The average molecular weight is 296 g/mol. The molecule has 0 aliphatic heterocycles. The first-order chi connectivity index (χ1) is 9.47. The van der Waals surface area contributed by atoms with Crippen molar-refractivity contribution in [2.75, 3.05) is 0 Å². The Balaban J connectivity index is 2.20. The topological polar surface area (TPSA) is 72.2 Å². The molecule has 1 saturated carbocycles. The van der Waals surface area contributed by atoms with Crippen molar-refractivity contribution in [2.45, 2.75) is 57.0 Å². The van der Waals surface area contributed by atoms with Gasteiger partial charge in [-0.3, -0.25) is 0 Å². The first kappa shape index (κ1) is 15.5. The molecule has 112 valence electrons. The Hall–Kier alpha value is -0.910. The molecular weight excluding hydrogens is 272 g/mol. The molecule has 1 atom stereocenters. The van der Waals surface area contributed by atoms with Gasteiger partial charge in [0.25, 0.3) is 0 Å². The van der Waals surface area contributed by atoms with Gasteiger partial charge in [0, 0.05) is 12.6 Å². The molecule has 0 saturated heterocycles. The zero-order valence-electron chi connectivity index (χ0n) is 12.2. The molecule has 1 fully saturated rings. The zero-order valence-corrected chi connectivity index (χ0v) is 13.0. The Morgan fingerprint density at radius 2 is 2.10 bits per heavy atom. The van der Waals surface area contributed by atoms with Crippen LogP contribution in [0.25, 0.3) is 0 Å². The normalized spacial score (nSPS) is 17.1. The second-order valence-electron chi connectivity index (χ2n) is 5.65. The highest BCUT2D eigenvalue weighted by molar-refractivity contribution is 7.89. The Labute approximate surface area is 121 Å². The molecule has 0 bridgehead atoms. The van der Waals surface area contributed by atoms with Crippen LogP contribution < -0.4 is 10.5 Å². The van der Waals surface area contributed by atoms with Crippen LogP contribution in [-0.2, 0) is 16.6 Å². The minimum absolute atomic E-state index is 0.0356. The van der Waals surface area contributed by atoms with Gasteiger partial charge in [-0.25, -0.2) is 13.1 Å². The van der Waals surface area contributed by atoms with Crippen LogP contribution in [0.15, 0.2) is 23.1 Å². The van der Waals surface area contributed by atoms with Crippen LogP contribution in [-0.4, -0.2) is 14.5 Å². The average Bonchev–Trinajstić information content (AvgIpc) is 3.21. The summed E-state index contributed by atoms with van der Waals surface area (Å²) >= 11 is 0. The molecular formula is C15H24N2O2S. The second-order valence-corrected chi connectivity index (χ2v) is 7.33. The molecule has 1 aromatic rings. The highest BCUT2D eigenvalue weighted by Crippen LogP contribution is 2.34. The molecule has 0 amide bonds. The van der Waals surface area contributed by atoms with Gasteiger partial charge >= 0.3 is 0 Å². The third kappa shape index (κ3) is 3.59. The lowest BCUT2D eigenvalue weighted by atomic mass is 10.1. The highest BCUT2D eigenvalue weighted by Gasteiger charge is 2.28. The summed E-state index contributed by atoms with van der Waals surface area (Å²) in [6.45, 7) is 4.20. The van der Waals surface area contributed by atoms with E-state index in [1.807, 2.05) is 19.9 Å². The van der Waals surface area contributed by atoms with E-state index in [9.17, 15) is 8.42 Å². The van der Waals surface area contributed by atoms with E-state index < -0.39 is 10.0 Å². The second kappa shape index (κ2) is 6.24. The van der Waals surface area contributed by atoms with Crippen LogP contribution in [0.4, 0.5) is 0 Å². The summed E-state index contributed by atoms with van der Waals surface area (Å²) < 4.78 is 27.9. The summed E-state index contributed by atoms with van der Waals surface area (Å²) in [4.78, 5) is 0.356. The van der Waals surface area contributed by atoms with Crippen LogP contribution in [0.3, 0.4) is 0 Å². The van der Waals surface area contributed by atoms with E-state index in [1.165, 1.54) is 12.8 Å².